The van der Waals surface area contributed by atoms with Crippen molar-refractivity contribution in [3.63, 3.8) is 0 Å². The maximum atomic E-state index is 11.9. The molecule has 1 amide bonds. The first-order chi connectivity index (χ1) is 8.04. The SMILES string of the molecule is CNC(C)CNC(=O)C(C)c1cccc(Cl)c1. The van der Waals surface area contributed by atoms with Gasteiger partial charge in [0.05, 0.1) is 5.92 Å². The summed E-state index contributed by atoms with van der Waals surface area (Å²) in [6.07, 6.45) is 0. The molecule has 2 unspecified atom stereocenters. The van der Waals surface area contributed by atoms with Crippen LogP contribution in [0.4, 0.5) is 0 Å². The smallest absolute Gasteiger partial charge is 0.227 e. The maximum Gasteiger partial charge on any atom is 0.227 e. The Morgan fingerprint density at radius 2 is 2.12 bits per heavy atom. The topological polar surface area (TPSA) is 41.1 Å². The third-order valence-electron chi connectivity index (χ3n) is 2.82. The summed E-state index contributed by atoms with van der Waals surface area (Å²) in [5, 5.41) is 6.64. The fraction of sp³-hybridized carbons (Fsp3) is 0.462. The summed E-state index contributed by atoms with van der Waals surface area (Å²) >= 11 is 5.90. The lowest BCUT2D eigenvalue weighted by Gasteiger charge is -2.15. The molecule has 1 aromatic rings. The van der Waals surface area contributed by atoms with Crippen LogP contribution in [0.5, 0.6) is 0 Å². The molecular formula is C13H19ClN2O. The first-order valence-corrected chi connectivity index (χ1v) is 6.12. The van der Waals surface area contributed by atoms with Gasteiger partial charge in [-0.1, -0.05) is 23.7 Å². The summed E-state index contributed by atoms with van der Waals surface area (Å²) in [6.45, 7) is 4.52. The Kier molecular flexibility index (Phi) is 5.45. The van der Waals surface area contributed by atoms with Gasteiger partial charge < -0.3 is 10.6 Å². The number of carbonyl (C=O) groups is 1. The summed E-state index contributed by atoms with van der Waals surface area (Å²) in [6, 6.07) is 7.67. The van der Waals surface area contributed by atoms with Crippen LogP contribution in [0.2, 0.25) is 5.02 Å². The minimum absolute atomic E-state index is 0.0226. The number of rotatable bonds is 5. The number of halogens is 1. The normalized spacial score (nSPS) is 14.1. The van der Waals surface area contributed by atoms with E-state index >= 15 is 0 Å². The summed E-state index contributed by atoms with van der Waals surface area (Å²) in [7, 11) is 1.87. The molecule has 0 saturated heterocycles. The molecule has 0 bridgehead atoms. The fourth-order valence-electron chi connectivity index (χ4n) is 1.44. The van der Waals surface area contributed by atoms with Gasteiger partial charge in [0.2, 0.25) is 5.91 Å². The Bertz CT molecular complexity index is 381. The summed E-state index contributed by atoms with van der Waals surface area (Å²) in [5.41, 5.74) is 0.937. The molecule has 0 aromatic heterocycles. The van der Waals surface area contributed by atoms with E-state index in [1.54, 1.807) is 6.07 Å². The van der Waals surface area contributed by atoms with Gasteiger partial charge in [-0.3, -0.25) is 4.79 Å². The minimum atomic E-state index is -0.183. The van der Waals surface area contributed by atoms with Crippen molar-refractivity contribution in [3.05, 3.63) is 34.9 Å². The first kappa shape index (κ1) is 14.0. The van der Waals surface area contributed by atoms with Gasteiger partial charge in [-0.25, -0.2) is 0 Å². The molecule has 1 aromatic carbocycles. The van der Waals surface area contributed by atoms with Crippen molar-refractivity contribution in [3.8, 4) is 0 Å². The molecule has 3 nitrogen and oxygen atoms in total. The number of hydrogen-bond donors (Lipinski definition) is 2. The van der Waals surface area contributed by atoms with Gasteiger partial charge in [-0.05, 0) is 38.6 Å². The molecule has 0 saturated carbocycles. The molecule has 0 heterocycles. The van der Waals surface area contributed by atoms with Crippen molar-refractivity contribution in [1.82, 2.24) is 10.6 Å². The number of carbonyl (C=O) groups excluding carboxylic acids is 1. The fourth-order valence-corrected chi connectivity index (χ4v) is 1.63. The van der Waals surface area contributed by atoms with E-state index in [0.29, 0.717) is 11.6 Å². The van der Waals surface area contributed by atoms with Gasteiger partial charge in [-0.15, -0.1) is 0 Å². The van der Waals surface area contributed by atoms with E-state index < -0.39 is 0 Å². The van der Waals surface area contributed by atoms with Crippen molar-refractivity contribution in [2.75, 3.05) is 13.6 Å². The average Bonchev–Trinajstić information content (AvgIpc) is 2.34. The monoisotopic (exact) mass is 254 g/mol. The van der Waals surface area contributed by atoms with E-state index in [9.17, 15) is 4.79 Å². The zero-order chi connectivity index (χ0) is 12.8. The lowest BCUT2D eigenvalue weighted by atomic mass is 10.0. The highest BCUT2D eigenvalue weighted by molar-refractivity contribution is 6.30. The van der Waals surface area contributed by atoms with Crippen LogP contribution in [0.15, 0.2) is 24.3 Å². The Morgan fingerprint density at radius 1 is 1.41 bits per heavy atom. The van der Waals surface area contributed by atoms with Crippen LogP contribution in [0.3, 0.4) is 0 Å². The van der Waals surface area contributed by atoms with Crippen LogP contribution in [-0.2, 0) is 4.79 Å². The van der Waals surface area contributed by atoms with E-state index in [4.69, 9.17) is 11.6 Å². The molecule has 94 valence electrons. The number of hydrogen-bond acceptors (Lipinski definition) is 2. The van der Waals surface area contributed by atoms with Crippen molar-refractivity contribution >= 4 is 17.5 Å². The van der Waals surface area contributed by atoms with Crippen molar-refractivity contribution < 1.29 is 4.79 Å². The van der Waals surface area contributed by atoms with Crippen molar-refractivity contribution in [1.29, 1.82) is 0 Å². The van der Waals surface area contributed by atoms with Crippen LogP contribution >= 0.6 is 11.6 Å². The van der Waals surface area contributed by atoms with E-state index in [1.807, 2.05) is 39.1 Å². The maximum absolute atomic E-state index is 11.9. The summed E-state index contributed by atoms with van der Waals surface area (Å²) in [5.74, 6) is -0.160. The van der Waals surface area contributed by atoms with Crippen molar-refractivity contribution in [2.24, 2.45) is 0 Å². The van der Waals surface area contributed by atoms with E-state index in [0.717, 1.165) is 5.56 Å². The quantitative estimate of drug-likeness (QED) is 0.846. The number of benzene rings is 1. The van der Waals surface area contributed by atoms with Crippen LogP contribution in [0.25, 0.3) is 0 Å². The van der Waals surface area contributed by atoms with Gasteiger partial charge in [0, 0.05) is 17.6 Å². The largest absolute Gasteiger partial charge is 0.354 e. The number of amides is 1. The van der Waals surface area contributed by atoms with Gasteiger partial charge >= 0.3 is 0 Å². The Morgan fingerprint density at radius 3 is 2.71 bits per heavy atom. The van der Waals surface area contributed by atoms with E-state index in [2.05, 4.69) is 10.6 Å². The zero-order valence-corrected chi connectivity index (χ0v) is 11.2. The summed E-state index contributed by atoms with van der Waals surface area (Å²) < 4.78 is 0. The molecule has 4 heteroatoms. The third-order valence-corrected chi connectivity index (χ3v) is 3.05. The zero-order valence-electron chi connectivity index (χ0n) is 10.5. The van der Waals surface area contributed by atoms with Crippen molar-refractivity contribution in [2.45, 2.75) is 25.8 Å². The number of likely N-dealkylation sites (N-methyl/N-ethyl adjacent to an activating group) is 1. The molecule has 0 spiro atoms. The third kappa shape index (κ3) is 4.36. The van der Waals surface area contributed by atoms with Gasteiger partial charge in [0.25, 0.3) is 0 Å². The average molecular weight is 255 g/mol. The predicted molar refractivity (Wildman–Crippen MR) is 71.4 cm³/mol. The lowest BCUT2D eigenvalue weighted by Crippen LogP contribution is -2.38. The molecule has 1 rings (SSSR count). The first-order valence-electron chi connectivity index (χ1n) is 5.75. The molecule has 0 aliphatic heterocycles. The Balaban J connectivity index is 2.57. The van der Waals surface area contributed by atoms with Crippen LogP contribution in [0, 0.1) is 0 Å². The minimum Gasteiger partial charge on any atom is -0.354 e. The lowest BCUT2D eigenvalue weighted by molar-refractivity contribution is -0.122. The second kappa shape index (κ2) is 6.62. The molecule has 2 N–H and O–H groups in total. The van der Waals surface area contributed by atoms with Crippen LogP contribution < -0.4 is 10.6 Å². The van der Waals surface area contributed by atoms with Crippen LogP contribution in [-0.4, -0.2) is 25.5 Å². The molecule has 0 fully saturated rings. The number of nitrogens with one attached hydrogen (secondary N) is 2. The van der Waals surface area contributed by atoms with Gasteiger partial charge in [0.1, 0.15) is 0 Å². The van der Waals surface area contributed by atoms with E-state index in [-0.39, 0.29) is 17.9 Å². The van der Waals surface area contributed by atoms with E-state index in [1.165, 1.54) is 0 Å². The summed E-state index contributed by atoms with van der Waals surface area (Å²) in [4.78, 5) is 11.9. The molecule has 17 heavy (non-hydrogen) atoms. The van der Waals surface area contributed by atoms with Gasteiger partial charge in [0.15, 0.2) is 0 Å². The molecule has 2 atom stereocenters. The Labute approximate surface area is 108 Å². The standard InChI is InChI=1S/C13H19ClN2O/c1-9(15-3)8-16-13(17)10(2)11-5-4-6-12(14)7-11/h4-7,9-10,15H,8H2,1-3H3,(H,16,17). The highest BCUT2D eigenvalue weighted by atomic mass is 35.5. The second-order valence-electron chi connectivity index (χ2n) is 4.21. The highest BCUT2D eigenvalue weighted by Crippen LogP contribution is 2.19. The van der Waals surface area contributed by atoms with Crippen LogP contribution in [0.1, 0.15) is 25.3 Å². The highest BCUT2D eigenvalue weighted by Gasteiger charge is 2.15. The molecule has 0 aliphatic carbocycles. The predicted octanol–water partition coefficient (Wildman–Crippen LogP) is 2.17. The Hall–Kier alpha value is -1.06. The second-order valence-corrected chi connectivity index (χ2v) is 4.65. The van der Waals surface area contributed by atoms with Gasteiger partial charge in [-0.2, -0.15) is 0 Å². The molecule has 0 aliphatic rings. The molecular weight excluding hydrogens is 236 g/mol. The molecule has 0 radical (unpaired) electrons.